The van der Waals surface area contributed by atoms with Crippen molar-refractivity contribution in [3.8, 4) is 0 Å². The van der Waals surface area contributed by atoms with Crippen LogP contribution < -0.4 is 9.62 Å². The summed E-state index contributed by atoms with van der Waals surface area (Å²) in [7, 11) is -2.65. The Bertz CT molecular complexity index is 1580. The molecule has 0 aliphatic heterocycles. The molecule has 0 aromatic heterocycles. The van der Waals surface area contributed by atoms with Gasteiger partial charge >= 0.3 is 0 Å². The average molecular weight is 590 g/mol. The van der Waals surface area contributed by atoms with Crippen molar-refractivity contribution < 1.29 is 18.0 Å². The molecular weight excluding hydrogens is 558 g/mol. The molecule has 0 saturated carbocycles. The summed E-state index contributed by atoms with van der Waals surface area (Å²) in [5.41, 5.74) is 2.69. The van der Waals surface area contributed by atoms with Crippen LogP contribution in [0.5, 0.6) is 0 Å². The van der Waals surface area contributed by atoms with E-state index < -0.39 is 28.5 Å². The topological polar surface area (TPSA) is 86.8 Å². The highest BCUT2D eigenvalue weighted by Crippen LogP contribution is 2.28. The van der Waals surface area contributed by atoms with Crippen molar-refractivity contribution in [2.75, 3.05) is 17.9 Å². The summed E-state index contributed by atoms with van der Waals surface area (Å²) in [6.07, 6.45) is 0.251. The standard InChI is InChI=1S/C32H32ClN3O4S/c1-24-18-19-27(21-29(24)33)36(41(39,40)28-16-10-5-11-17-28)23-31(37)35(22-26-14-8-4-9-15-26)30(32(38)34-2)20-25-12-6-3-7-13-25/h3-19,21,30H,20,22-23H2,1-2H3,(H,34,38)/t30-/m0/s1. The number of hydrogen-bond acceptors (Lipinski definition) is 4. The summed E-state index contributed by atoms with van der Waals surface area (Å²) in [5, 5.41) is 3.05. The van der Waals surface area contributed by atoms with Gasteiger partial charge in [0.15, 0.2) is 0 Å². The molecule has 4 aromatic carbocycles. The van der Waals surface area contributed by atoms with Gasteiger partial charge in [-0.15, -0.1) is 0 Å². The molecule has 0 saturated heterocycles. The zero-order valence-electron chi connectivity index (χ0n) is 22.9. The van der Waals surface area contributed by atoms with E-state index in [-0.39, 0.29) is 29.5 Å². The predicted molar refractivity (Wildman–Crippen MR) is 162 cm³/mol. The summed E-state index contributed by atoms with van der Waals surface area (Å²) in [4.78, 5) is 29.0. The van der Waals surface area contributed by atoms with Gasteiger partial charge in [0.2, 0.25) is 11.8 Å². The van der Waals surface area contributed by atoms with E-state index in [0.29, 0.717) is 5.02 Å². The number of nitrogens with zero attached hydrogens (tertiary/aromatic N) is 2. The number of nitrogens with one attached hydrogen (secondary N) is 1. The van der Waals surface area contributed by atoms with Gasteiger partial charge in [-0.2, -0.15) is 0 Å². The van der Waals surface area contributed by atoms with E-state index >= 15 is 0 Å². The van der Waals surface area contributed by atoms with Crippen LogP contribution in [0.4, 0.5) is 5.69 Å². The molecule has 0 radical (unpaired) electrons. The van der Waals surface area contributed by atoms with Gasteiger partial charge in [-0.05, 0) is 47.9 Å². The Morgan fingerprint density at radius 1 is 0.829 bits per heavy atom. The lowest BCUT2D eigenvalue weighted by Crippen LogP contribution is -2.53. The number of halogens is 1. The third-order valence-electron chi connectivity index (χ3n) is 6.77. The maximum Gasteiger partial charge on any atom is 0.264 e. The highest BCUT2D eigenvalue weighted by molar-refractivity contribution is 7.92. The second kappa shape index (κ2) is 13.5. The third kappa shape index (κ3) is 7.34. The molecule has 0 fully saturated rings. The van der Waals surface area contributed by atoms with Crippen molar-refractivity contribution in [1.82, 2.24) is 10.2 Å². The predicted octanol–water partition coefficient (Wildman–Crippen LogP) is 5.23. The fourth-order valence-corrected chi connectivity index (χ4v) is 6.09. The SMILES string of the molecule is CNC(=O)[C@H](Cc1ccccc1)N(Cc1ccccc1)C(=O)CN(c1ccc(C)c(Cl)c1)S(=O)(=O)c1ccccc1. The summed E-state index contributed by atoms with van der Waals surface area (Å²) >= 11 is 6.39. The number of sulfonamides is 1. The monoisotopic (exact) mass is 589 g/mol. The van der Waals surface area contributed by atoms with Gasteiger partial charge in [0.05, 0.1) is 10.6 Å². The van der Waals surface area contributed by atoms with Crippen molar-refractivity contribution >= 4 is 39.1 Å². The molecule has 0 aliphatic carbocycles. The van der Waals surface area contributed by atoms with Gasteiger partial charge in [-0.25, -0.2) is 8.42 Å². The molecule has 0 heterocycles. The molecule has 2 amide bonds. The van der Waals surface area contributed by atoms with Crippen LogP contribution in [0.1, 0.15) is 16.7 Å². The van der Waals surface area contributed by atoms with Crippen LogP contribution in [-0.4, -0.2) is 44.8 Å². The highest BCUT2D eigenvalue weighted by atomic mass is 35.5. The van der Waals surface area contributed by atoms with Crippen LogP contribution in [0.3, 0.4) is 0 Å². The number of aryl methyl sites for hydroxylation is 1. The lowest BCUT2D eigenvalue weighted by molar-refractivity contribution is -0.139. The highest BCUT2D eigenvalue weighted by Gasteiger charge is 2.34. The number of amides is 2. The van der Waals surface area contributed by atoms with Crippen molar-refractivity contribution in [2.45, 2.75) is 30.8 Å². The minimum Gasteiger partial charge on any atom is -0.357 e. The van der Waals surface area contributed by atoms with Crippen LogP contribution in [0.25, 0.3) is 0 Å². The normalized spacial score (nSPS) is 11.9. The number of carbonyl (C=O) groups is 2. The second-order valence-electron chi connectivity index (χ2n) is 9.59. The van der Waals surface area contributed by atoms with Crippen molar-refractivity contribution in [3.63, 3.8) is 0 Å². The minimum atomic E-state index is -4.17. The maximum absolute atomic E-state index is 14.2. The fourth-order valence-electron chi connectivity index (χ4n) is 4.49. The largest absolute Gasteiger partial charge is 0.357 e. The first-order chi connectivity index (χ1) is 19.7. The molecule has 4 rings (SSSR count). The number of likely N-dealkylation sites (N-methyl/N-ethyl adjacent to an activating group) is 1. The average Bonchev–Trinajstić information content (AvgIpc) is 3.00. The zero-order chi connectivity index (χ0) is 29.4. The third-order valence-corrected chi connectivity index (χ3v) is 8.96. The Morgan fingerprint density at radius 2 is 1.39 bits per heavy atom. The summed E-state index contributed by atoms with van der Waals surface area (Å²) in [6.45, 7) is 1.39. The zero-order valence-corrected chi connectivity index (χ0v) is 24.5. The molecule has 0 aliphatic rings. The molecular formula is C32H32ClN3O4S. The first kappa shape index (κ1) is 29.8. The van der Waals surface area contributed by atoms with Gasteiger partial charge in [-0.1, -0.05) is 96.5 Å². The summed E-state index contributed by atoms with van der Waals surface area (Å²) < 4.78 is 28.9. The van der Waals surface area contributed by atoms with E-state index in [2.05, 4.69) is 5.32 Å². The quantitative estimate of drug-likeness (QED) is 0.260. The van der Waals surface area contributed by atoms with E-state index in [1.54, 1.807) is 30.3 Å². The van der Waals surface area contributed by atoms with E-state index in [1.165, 1.54) is 30.1 Å². The second-order valence-corrected chi connectivity index (χ2v) is 11.9. The molecule has 212 valence electrons. The first-order valence-corrected chi connectivity index (χ1v) is 15.0. The van der Waals surface area contributed by atoms with E-state index in [1.807, 2.05) is 67.6 Å². The van der Waals surface area contributed by atoms with Crippen LogP contribution in [0.2, 0.25) is 5.02 Å². The molecule has 1 atom stereocenters. The van der Waals surface area contributed by atoms with Gasteiger partial charge in [0, 0.05) is 25.0 Å². The van der Waals surface area contributed by atoms with Crippen molar-refractivity contribution in [3.05, 3.63) is 131 Å². The molecule has 0 bridgehead atoms. The first-order valence-electron chi connectivity index (χ1n) is 13.1. The maximum atomic E-state index is 14.2. The lowest BCUT2D eigenvalue weighted by atomic mass is 10.0. The molecule has 1 N–H and O–H groups in total. The number of anilines is 1. The Hall–Kier alpha value is -4.14. The number of benzene rings is 4. The van der Waals surface area contributed by atoms with Crippen LogP contribution in [0, 0.1) is 6.92 Å². The molecule has 9 heteroatoms. The van der Waals surface area contributed by atoms with Gasteiger partial charge in [0.25, 0.3) is 10.0 Å². The van der Waals surface area contributed by atoms with Crippen LogP contribution in [0.15, 0.2) is 114 Å². The molecule has 41 heavy (non-hydrogen) atoms. The lowest BCUT2D eigenvalue weighted by Gasteiger charge is -2.33. The number of rotatable bonds is 11. The smallest absolute Gasteiger partial charge is 0.264 e. The van der Waals surface area contributed by atoms with Crippen molar-refractivity contribution in [2.24, 2.45) is 0 Å². The van der Waals surface area contributed by atoms with Crippen molar-refractivity contribution in [1.29, 1.82) is 0 Å². The number of carbonyl (C=O) groups excluding carboxylic acids is 2. The van der Waals surface area contributed by atoms with Crippen LogP contribution >= 0.6 is 11.6 Å². The number of hydrogen-bond donors (Lipinski definition) is 1. The fraction of sp³-hybridized carbons (Fsp3) is 0.188. The minimum absolute atomic E-state index is 0.0336. The summed E-state index contributed by atoms with van der Waals surface area (Å²) in [6, 6.07) is 30.6. The molecule has 7 nitrogen and oxygen atoms in total. The molecule has 4 aromatic rings. The van der Waals surface area contributed by atoms with E-state index in [9.17, 15) is 18.0 Å². The Morgan fingerprint density at radius 3 is 1.95 bits per heavy atom. The van der Waals surface area contributed by atoms with Gasteiger partial charge < -0.3 is 10.2 Å². The Kier molecular flexibility index (Phi) is 9.81. The summed E-state index contributed by atoms with van der Waals surface area (Å²) in [5.74, 6) is -0.886. The van der Waals surface area contributed by atoms with Gasteiger partial charge in [0.1, 0.15) is 12.6 Å². The van der Waals surface area contributed by atoms with E-state index in [0.717, 1.165) is 21.0 Å². The Balaban J connectivity index is 1.78. The molecule has 0 unspecified atom stereocenters. The van der Waals surface area contributed by atoms with E-state index in [4.69, 9.17) is 11.6 Å². The Labute approximate surface area is 246 Å². The van der Waals surface area contributed by atoms with Gasteiger partial charge in [-0.3, -0.25) is 13.9 Å². The molecule has 0 spiro atoms. The van der Waals surface area contributed by atoms with Crippen LogP contribution in [-0.2, 0) is 32.6 Å².